The highest BCUT2D eigenvalue weighted by Crippen LogP contribution is 2.23. The van der Waals surface area contributed by atoms with E-state index in [4.69, 9.17) is 9.47 Å². The van der Waals surface area contributed by atoms with Crippen LogP contribution in [0.1, 0.15) is 24.8 Å². The average Bonchev–Trinajstić information content (AvgIpc) is 2.96. The van der Waals surface area contributed by atoms with Crippen molar-refractivity contribution in [3.8, 4) is 5.75 Å². The van der Waals surface area contributed by atoms with Gasteiger partial charge in [-0.3, -0.25) is 0 Å². The second kappa shape index (κ2) is 6.59. The normalized spacial score (nSPS) is 24.9. The first-order chi connectivity index (χ1) is 9.81. The SMILES string of the molecule is Cc1ccccc1OC1CCN(CC2CCOC2)CC1. The lowest BCUT2D eigenvalue weighted by Crippen LogP contribution is -2.40. The van der Waals surface area contributed by atoms with Crippen LogP contribution in [0.2, 0.25) is 0 Å². The molecule has 0 amide bonds. The second-order valence-electron chi connectivity index (χ2n) is 6.11. The zero-order valence-corrected chi connectivity index (χ0v) is 12.4. The topological polar surface area (TPSA) is 21.7 Å². The molecule has 2 fully saturated rings. The zero-order valence-electron chi connectivity index (χ0n) is 12.4. The molecular formula is C17H25NO2. The van der Waals surface area contributed by atoms with E-state index in [1.165, 1.54) is 18.5 Å². The summed E-state index contributed by atoms with van der Waals surface area (Å²) in [5.74, 6) is 1.80. The number of likely N-dealkylation sites (tertiary alicyclic amines) is 1. The molecule has 0 saturated carbocycles. The predicted octanol–water partition coefficient (Wildman–Crippen LogP) is 2.87. The molecule has 0 aliphatic carbocycles. The lowest BCUT2D eigenvalue weighted by molar-refractivity contribution is 0.0876. The Morgan fingerprint density at radius 1 is 1.20 bits per heavy atom. The molecule has 1 unspecified atom stereocenters. The third-order valence-corrected chi connectivity index (χ3v) is 4.46. The maximum absolute atomic E-state index is 6.15. The van der Waals surface area contributed by atoms with Gasteiger partial charge in [0.05, 0.1) is 6.61 Å². The molecule has 1 aromatic rings. The summed E-state index contributed by atoms with van der Waals surface area (Å²) in [6, 6.07) is 8.31. The van der Waals surface area contributed by atoms with Crippen molar-refractivity contribution >= 4 is 0 Å². The first kappa shape index (κ1) is 13.9. The summed E-state index contributed by atoms with van der Waals surface area (Å²) in [5, 5.41) is 0. The molecule has 1 atom stereocenters. The van der Waals surface area contributed by atoms with Gasteiger partial charge in [-0.25, -0.2) is 0 Å². The summed E-state index contributed by atoms with van der Waals surface area (Å²) >= 11 is 0. The molecule has 0 radical (unpaired) electrons. The van der Waals surface area contributed by atoms with Crippen molar-refractivity contribution in [2.75, 3.05) is 32.8 Å². The number of aryl methyl sites for hydroxylation is 1. The van der Waals surface area contributed by atoms with E-state index in [1.54, 1.807) is 0 Å². The van der Waals surface area contributed by atoms with Crippen molar-refractivity contribution in [2.45, 2.75) is 32.3 Å². The van der Waals surface area contributed by atoms with E-state index in [2.05, 4.69) is 36.1 Å². The van der Waals surface area contributed by atoms with Gasteiger partial charge in [-0.15, -0.1) is 0 Å². The van der Waals surface area contributed by atoms with Crippen LogP contribution in [-0.2, 0) is 4.74 Å². The zero-order chi connectivity index (χ0) is 13.8. The van der Waals surface area contributed by atoms with Crippen LogP contribution < -0.4 is 4.74 Å². The average molecular weight is 275 g/mol. The van der Waals surface area contributed by atoms with Gasteiger partial charge in [0, 0.05) is 26.2 Å². The third kappa shape index (κ3) is 3.53. The molecule has 2 heterocycles. The van der Waals surface area contributed by atoms with Gasteiger partial charge in [-0.2, -0.15) is 0 Å². The van der Waals surface area contributed by atoms with E-state index in [0.717, 1.165) is 50.8 Å². The molecule has 3 heteroatoms. The molecular weight excluding hydrogens is 250 g/mol. The number of benzene rings is 1. The molecule has 0 aromatic heterocycles. The lowest BCUT2D eigenvalue weighted by Gasteiger charge is -2.33. The minimum absolute atomic E-state index is 0.382. The highest BCUT2D eigenvalue weighted by molar-refractivity contribution is 5.31. The predicted molar refractivity (Wildman–Crippen MR) is 80.2 cm³/mol. The summed E-state index contributed by atoms with van der Waals surface area (Å²) in [4.78, 5) is 2.58. The van der Waals surface area contributed by atoms with Crippen LogP contribution in [0.5, 0.6) is 5.75 Å². The highest BCUT2D eigenvalue weighted by Gasteiger charge is 2.24. The second-order valence-corrected chi connectivity index (χ2v) is 6.11. The van der Waals surface area contributed by atoms with Crippen LogP contribution in [0, 0.1) is 12.8 Å². The number of ether oxygens (including phenoxy) is 2. The Hall–Kier alpha value is -1.06. The van der Waals surface area contributed by atoms with E-state index >= 15 is 0 Å². The molecule has 2 saturated heterocycles. The molecule has 20 heavy (non-hydrogen) atoms. The molecule has 0 bridgehead atoms. The summed E-state index contributed by atoms with van der Waals surface area (Å²) in [6.07, 6.45) is 3.90. The quantitative estimate of drug-likeness (QED) is 0.843. The number of para-hydroxylation sites is 1. The van der Waals surface area contributed by atoms with E-state index in [1.807, 2.05) is 0 Å². The maximum Gasteiger partial charge on any atom is 0.122 e. The number of hydrogen-bond donors (Lipinski definition) is 0. The summed E-state index contributed by atoms with van der Waals surface area (Å²) < 4.78 is 11.6. The molecule has 3 rings (SSSR count). The minimum Gasteiger partial charge on any atom is -0.490 e. The van der Waals surface area contributed by atoms with Gasteiger partial charge in [-0.1, -0.05) is 18.2 Å². The van der Waals surface area contributed by atoms with E-state index in [9.17, 15) is 0 Å². The van der Waals surface area contributed by atoms with Crippen molar-refractivity contribution in [2.24, 2.45) is 5.92 Å². The van der Waals surface area contributed by atoms with Crippen LogP contribution in [0.25, 0.3) is 0 Å². The highest BCUT2D eigenvalue weighted by atomic mass is 16.5. The van der Waals surface area contributed by atoms with Gasteiger partial charge in [-0.05, 0) is 43.7 Å². The molecule has 3 nitrogen and oxygen atoms in total. The molecule has 2 aliphatic rings. The number of rotatable bonds is 4. The van der Waals surface area contributed by atoms with Gasteiger partial charge in [0.2, 0.25) is 0 Å². The molecule has 110 valence electrons. The fourth-order valence-electron chi connectivity index (χ4n) is 3.17. The smallest absolute Gasteiger partial charge is 0.122 e. The fraction of sp³-hybridized carbons (Fsp3) is 0.647. The summed E-state index contributed by atoms with van der Waals surface area (Å²) in [5.41, 5.74) is 1.23. The van der Waals surface area contributed by atoms with Crippen LogP contribution >= 0.6 is 0 Å². The standard InChI is InChI=1S/C17H25NO2/c1-14-4-2-3-5-17(14)20-16-6-9-18(10-7-16)12-15-8-11-19-13-15/h2-5,15-16H,6-13H2,1H3. The van der Waals surface area contributed by atoms with Crippen molar-refractivity contribution < 1.29 is 9.47 Å². The van der Waals surface area contributed by atoms with Gasteiger partial charge >= 0.3 is 0 Å². The largest absolute Gasteiger partial charge is 0.490 e. The number of nitrogens with zero attached hydrogens (tertiary/aromatic N) is 1. The van der Waals surface area contributed by atoms with Crippen LogP contribution in [0.4, 0.5) is 0 Å². The Kier molecular flexibility index (Phi) is 4.58. The van der Waals surface area contributed by atoms with Gasteiger partial charge in [0.1, 0.15) is 11.9 Å². The van der Waals surface area contributed by atoms with E-state index < -0.39 is 0 Å². The Bertz CT molecular complexity index is 421. The Labute approximate surface area is 121 Å². The Morgan fingerprint density at radius 2 is 2.00 bits per heavy atom. The number of piperidine rings is 1. The Morgan fingerprint density at radius 3 is 2.70 bits per heavy atom. The monoisotopic (exact) mass is 275 g/mol. The van der Waals surface area contributed by atoms with Crippen LogP contribution in [0.15, 0.2) is 24.3 Å². The number of hydrogen-bond acceptors (Lipinski definition) is 3. The van der Waals surface area contributed by atoms with E-state index in [0.29, 0.717) is 6.10 Å². The maximum atomic E-state index is 6.15. The van der Waals surface area contributed by atoms with Crippen molar-refractivity contribution in [3.63, 3.8) is 0 Å². The van der Waals surface area contributed by atoms with Crippen molar-refractivity contribution in [1.82, 2.24) is 4.90 Å². The fourth-order valence-corrected chi connectivity index (χ4v) is 3.17. The molecule has 0 N–H and O–H groups in total. The lowest BCUT2D eigenvalue weighted by atomic mass is 10.0. The molecule has 2 aliphatic heterocycles. The van der Waals surface area contributed by atoms with Gasteiger partial charge < -0.3 is 14.4 Å². The van der Waals surface area contributed by atoms with Crippen LogP contribution in [0.3, 0.4) is 0 Å². The molecule has 0 spiro atoms. The van der Waals surface area contributed by atoms with Crippen molar-refractivity contribution in [3.05, 3.63) is 29.8 Å². The van der Waals surface area contributed by atoms with Crippen molar-refractivity contribution in [1.29, 1.82) is 0 Å². The van der Waals surface area contributed by atoms with Gasteiger partial charge in [0.15, 0.2) is 0 Å². The third-order valence-electron chi connectivity index (χ3n) is 4.46. The van der Waals surface area contributed by atoms with E-state index in [-0.39, 0.29) is 0 Å². The minimum atomic E-state index is 0.382. The first-order valence-corrected chi connectivity index (χ1v) is 7.83. The Balaban J connectivity index is 1.45. The van der Waals surface area contributed by atoms with Gasteiger partial charge in [0.25, 0.3) is 0 Å². The first-order valence-electron chi connectivity index (χ1n) is 7.83. The van der Waals surface area contributed by atoms with Crippen LogP contribution in [-0.4, -0.2) is 43.9 Å². The molecule has 1 aromatic carbocycles. The summed E-state index contributed by atoms with van der Waals surface area (Å²) in [7, 11) is 0. The summed E-state index contributed by atoms with van der Waals surface area (Å²) in [6.45, 7) is 7.55.